The van der Waals surface area contributed by atoms with E-state index < -0.39 is 11.8 Å². The van der Waals surface area contributed by atoms with Crippen LogP contribution < -0.4 is 53.6 Å². The second-order valence-corrected chi connectivity index (χ2v) is 8.86. The first-order chi connectivity index (χ1) is 18.3. The minimum atomic E-state index is -1.49. The molecule has 0 radical (unpaired) electrons. The number of fused-ring (bicyclic) bond motifs is 1. The minimum Gasteiger partial charge on any atom is -0.545 e. The number of carbonyl (C=O) groups excluding carboxylic acids is 2. The van der Waals surface area contributed by atoms with E-state index in [2.05, 4.69) is 8.75 Å². The molecule has 0 bridgehead atoms. The van der Waals surface area contributed by atoms with E-state index in [-0.39, 0.29) is 52.7 Å². The van der Waals surface area contributed by atoms with Crippen molar-refractivity contribution in [1.82, 2.24) is 8.75 Å². The average Bonchev–Trinajstić information content (AvgIpc) is 3.39. The van der Waals surface area contributed by atoms with Gasteiger partial charge in [-0.15, -0.1) is 0 Å². The molecule has 0 aliphatic heterocycles. The second kappa shape index (κ2) is 13.1. The number of carbonyl (C=O) groups is 2. The van der Waals surface area contributed by atoms with Crippen LogP contribution in [-0.2, 0) is 11.2 Å². The normalized spacial score (nSPS) is 11.3. The molecule has 0 N–H and O–H groups in total. The molecule has 3 aromatic carbocycles. The molecule has 0 fully saturated rings. The van der Waals surface area contributed by atoms with Crippen LogP contribution in [0, 0.1) is 6.92 Å². The maximum absolute atomic E-state index is 14.0. The van der Waals surface area contributed by atoms with Crippen LogP contribution >= 0.6 is 11.7 Å². The van der Waals surface area contributed by atoms with E-state index in [1.807, 2.05) is 0 Å². The number of allylic oxidation sites excluding steroid dienone is 1. The van der Waals surface area contributed by atoms with Crippen molar-refractivity contribution in [1.29, 1.82) is 0 Å². The van der Waals surface area contributed by atoms with Crippen LogP contribution in [0.5, 0.6) is 23.0 Å². The van der Waals surface area contributed by atoms with Gasteiger partial charge in [0.2, 0.25) is 5.75 Å². The van der Waals surface area contributed by atoms with Gasteiger partial charge < -0.3 is 28.8 Å². The summed E-state index contributed by atoms with van der Waals surface area (Å²) in [6, 6.07) is 13.1. The molecule has 0 saturated heterocycles. The summed E-state index contributed by atoms with van der Waals surface area (Å²) in [6.07, 6.45) is -0.0582. The average molecular weight is 557 g/mol. The number of benzene rings is 3. The molecule has 0 atom stereocenters. The molecule has 0 saturated carbocycles. The Hall–Kier alpha value is -3.44. The molecule has 0 unspecified atom stereocenters. The number of hydrogen-bond donors (Lipinski definition) is 0. The molecule has 0 aliphatic rings. The molecule has 11 heteroatoms. The van der Waals surface area contributed by atoms with Crippen LogP contribution in [0.2, 0.25) is 0 Å². The molecule has 0 spiro atoms. The third kappa shape index (κ3) is 6.25. The molecule has 39 heavy (non-hydrogen) atoms. The van der Waals surface area contributed by atoms with Gasteiger partial charge in [0.05, 0.1) is 46.1 Å². The maximum atomic E-state index is 14.0. The molecule has 0 aliphatic carbocycles. The van der Waals surface area contributed by atoms with Crippen LogP contribution in [0.15, 0.2) is 54.1 Å². The van der Waals surface area contributed by atoms with Gasteiger partial charge in [0.15, 0.2) is 17.3 Å². The van der Waals surface area contributed by atoms with Gasteiger partial charge in [0, 0.05) is 23.1 Å². The zero-order valence-corrected chi connectivity index (χ0v) is 25.3. The van der Waals surface area contributed by atoms with Crippen LogP contribution in [0.1, 0.15) is 27.0 Å². The summed E-state index contributed by atoms with van der Waals surface area (Å²) in [6.45, 7) is 1.81. The summed E-state index contributed by atoms with van der Waals surface area (Å²) in [5, 5.41) is 12.6. The zero-order valence-electron chi connectivity index (χ0n) is 22.5. The van der Waals surface area contributed by atoms with Crippen LogP contribution in [-0.4, -0.2) is 48.9 Å². The number of rotatable bonds is 10. The van der Waals surface area contributed by atoms with Gasteiger partial charge in [-0.05, 0) is 66.1 Å². The molecule has 4 aromatic rings. The van der Waals surface area contributed by atoms with Crippen molar-refractivity contribution in [3.05, 3.63) is 76.4 Å². The standard InChI is InChI=1S/C28H26N2O7S.Na/c1-15-10-18(7-9-22(15)34-2)26(31)19(11-16-12-23(35-3)27(37-5)24(13-16)36-4)25(28(32)33)17-6-8-20-21(14-17)30-38-29-20;/h6-10,12-14H,11H2,1-5H3,(H,32,33);/q;+1/p-1/b25-19-;. The number of aryl methyl sites for hydroxylation is 1. The van der Waals surface area contributed by atoms with Gasteiger partial charge in [-0.2, -0.15) is 8.75 Å². The summed E-state index contributed by atoms with van der Waals surface area (Å²) < 4.78 is 30.0. The molecular weight excluding hydrogens is 531 g/mol. The maximum Gasteiger partial charge on any atom is 1.00 e. The van der Waals surface area contributed by atoms with Gasteiger partial charge in [0.25, 0.3) is 0 Å². The number of aliphatic carboxylic acids is 1. The van der Waals surface area contributed by atoms with Crippen molar-refractivity contribution in [3.8, 4) is 23.0 Å². The van der Waals surface area contributed by atoms with Gasteiger partial charge in [-0.3, -0.25) is 4.79 Å². The van der Waals surface area contributed by atoms with E-state index in [1.54, 1.807) is 55.5 Å². The monoisotopic (exact) mass is 556 g/mol. The number of hydrogen-bond acceptors (Lipinski definition) is 10. The van der Waals surface area contributed by atoms with Crippen LogP contribution in [0.3, 0.4) is 0 Å². The number of nitrogens with zero attached hydrogens (tertiary/aromatic N) is 2. The fraction of sp³-hybridized carbons (Fsp3) is 0.214. The summed E-state index contributed by atoms with van der Waals surface area (Å²) >= 11 is 1.02. The SMILES string of the molecule is COc1ccc(C(=O)/C(Cc2cc(OC)c(OC)c(OC)c2)=C(\C(=O)[O-])c2ccc3nsnc3c2)cc1C.[Na+]. The summed E-state index contributed by atoms with van der Waals surface area (Å²) in [7, 11) is 5.98. The van der Waals surface area contributed by atoms with E-state index in [1.165, 1.54) is 28.4 Å². The van der Waals surface area contributed by atoms with E-state index in [0.29, 0.717) is 45.2 Å². The molecule has 0 amide bonds. The van der Waals surface area contributed by atoms with Crippen LogP contribution in [0.4, 0.5) is 0 Å². The number of methoxy groups -OCH3 is 4. The van der Waals surface area contributed by atoms with Crippen molar-refractivity contribution in [3.63, 3.8) is 0 Å². The second-order valence-electron chi connectivity index (χ2n) is 8.33. The van der Waals surface area contributed by atoms with Crippen molar-refractivity contribution < 1.29 is 63.2 Å². The van der Waals surface area contributed by atoms with E-state index in [0.717, 1.165) is 17.3 Å². The van der Waals surface area contributed by atoms with Gasteiger partial charge in [-0.1, -0.05) is 6.07 Å². The largest absolute Gasteiger partial charge is 1.00 e. The smallest absolute Gasteiger partial charge is 0.545 e. The van der Waals surface area contributed by atoms with Gasteiger partial charge in [0.1, 0.15) is 16.8 Å². The molecular formula is C28H25N2NaO7S. The predicted octanol–water partition coefficient (Wildman–Crippen LogP) is 0.667. The first-order valence-corrected chi connectivity index (χ1v) is 12.2. The number of carboxylic acid groups (broad SMARTS) is 1. The molecule has 196 valence electrons. The quantitative estimate of drug-likeness (QED) is 0.158. The van der Waals surface area contributed by atoms with Crippen molar-refractivity contribution in [2.24, 2.45) is 0 Å². The van der Waals surface area contributed by atoms with Crippen LogP contribution in [0.25, 0.3) is 16.6 Å². The van der Waals surface area contributed by atoms with Crippen molar-refractivity contribution in [2.45, 2.75) is 13.3 Å². The summed E-state index contributed by atoms with van der Waals surface area (Å²) in [5.74, 6) is -0.229. The molecule has 1 aromatic heterocycles. The fourth-order valence-electron chi connectivity index (χ4n) is 4.27. The molecule has 1 heterocycles. The molecule has 4 rings (SSSR count). The Morgan fingerprint density at radius 2 is 1.41 bits per heavy atom. The Balaban J connectivity index is 0.00000420. The Morgan fingerprint density at radius 3 is 1.97 bits per heavy atom. The van der Waals surface area contributed by atoms with E-state index in [9.17, 15) is 14.7 Å². The third-order valence-electron chi connectivity index (χ3n) is 6.08. The topological polar surface area (TPSA) is 120 Å². The summed E-state index contributed by atoms with van der Waals surface area (Å²) in [5.41, 5.74) is 2.81. The Labute approximate surface area is 252 Å². The van der Waals surface area contributed by atoms with Gasteiger partial charge >= 0.3 is 29.6 Å². The Morgan fingerprint density at radius 1 is 0.795 bits per heavy atom. The summed E-state index contributed by atoms with van der Waals surface area (Å²) in [4.78, 5) is 26.6. The predicted molar refractivity (Wildman–Crippen MR) is 141 cm³/mol. The third-order valence-corrected chi connectivity index (χ3v) is 6.64. The number of Topliss-reactive ketones (excluding diaryl/α,β-unsaturated/α-hetero) is 1. The fourth-order valence-corrected chi connectivity index (χ4v) is 4.79. The van der Waals surface area contributed by atoms with Gasteiger partial charge in [-0.25, -0.2) is 0 Å². The Kier molecular flexibility index (Phi) is 10.1. The number of ether oxygens (including phenoxy) is 4. The minimum absolute atomic E-state index is 0. The zero-order chi connectivity index (χ0) is 27.4. The first kappa shape index (κ1) is 30.1. The number of aromatic nitrogens is 2. The Bertz CT molecular complexity index is 1540. The first-order valence-electron chi connectivity index (χ1n) is 11.5. The number of carboxylic acids is 1. The van der Waals surface area contributed by atoms with E-state index >= 15 is 0 Å². The van der Waals surface area contributed by atoms with Crippen molar-refractivity contribution in [2.75, 3.05) is 28.4 Å². The number of ketones is 1. The van der Waals surface area contributed by atoms with E-state index in [4.69, 9.17) is 18.9 Å². The molecule has 9 nitrogen and oxygen atoms in total. The van der Waals surface area contributed by atoms with Crippen molar-refractivity contribution >= 4 is 40.1 Å².